The van der Waals surface area contributed by atoms with E-state index in [-0.39, 0.29) is 23.8 Å². The fourth-order valence-electron chi connectivity index (χ4n) is 3.24. The first-order valence-corrected chi connectivity index (χ1v) is 7.98. The summed E-state index contributed by atoms with van der Waals surface area (Å²) in [6, 6.07) is 0.514. The molecule has 0 aromatic carbocycles. The molecule has 2 fully saturated rings. The second kappa shape index (κ2) is 7.62. The van der Waals surface area contributed by atoms with Crippen molar-refractivity contribution in [1.29, 1.82) is 0 Å². The standard InChI is InChI=1S/C15H27N3O2/c16-12-7-6-11(10-12)15(20)17-9-8-14(19)18-13-4-2-1-3-5-13/h11-13H,1-10,16H2,(H,17,20)(H,18,19). The van der Waals surface area contributed by atoms with E-state index in [2.05, 4.69) is 10.6 Å². The van der Waals surface area contributed by atoms with Crippen LogP contribution in [0.25, 0.3) is 0 Å². The molecule has 2 saturated carbocycles. The minimum Gasteiger partial charge on any atom is -0.355 e. The first-order valence-electron chi connectivity index (χ1n) is 7.98. The van der Waals surface area contributed by atoms with Crippen LogP contribution in [0.5, 0.6) is 0 Å². The lowest BCUT2D eigenvalue weighted by Crippen LogP contribution is -2.39. The van der Waals surface area contributed by atoms with Crippen molar-refractivity contribution in [3.8, 4) is 0 Å². The summed E-state index contributed by atoms with van der Waals surface area (Å²) in [7, 11) is 0. The summed E-state index contributed by atoms with van der Waals surface area (Å²) in [5, 5.41) is 5.92. The molecule has 0 saturated heterocycles. The predicted octanol–water partition coefficient (Wildman–Crippen LogP) is 1.07. The van der Waals surface area contributed by atoms with Gasteiger partial charge in [0.25, 0.3) is 0 Å². The average molecular weight is 281 g/mol. The number of hydrogen-bond acceptors (Lipinski definition) is 3. The van der Waals surface area contributed by atoms with Gasteiger partial charge in [0, 0.05) is 31.0 Å². The van der Waals surface area contributed by atoms with Gasteiger partial charge in [-0.05, 0) is 32.1 Å². The molecular weight excluding hydrogens is 254 g/mol. The molecule has 0 radical (unpaired) electrons. The lowest BCUT2D eigenvalue weighted by Gasteiger charge is -2.22. The quantitative estimate of drug-likeness (QED) is 0.704. The second-order valence-corrected chi connectivity index (χ2v) is 6.21. The van der Waals surface area contributed by atoms with Gasteiger partial charge in [-0.1, -0.05) is 19.3 Å². The predicted molar refractivity (Wildman–Crippen MR) is 78.0 cm³/mol. The second-order valence-electron chi connectivity index (χ2n) is 6.21. The molecule has 2 atom stereocenters. The van der Waals surface area contributed by atoms with Gasteiger partial charge < -0.3 is 16.4 Å². The number of carbonyl (C=O) groups is 2. The van der Waals surface area contributed by atoms with Crippen LogP contribution in [-0.2, 0) is 9.59 Å². The molecule has 0 aromatic heterocycles. The molecule has 2 rings (SSSR count). The fourth-order valence-corrected chi connectivity index (χ4v) is 3.24. The van der Waals surface area contributed by atoms with Crippen LogP contribution in [0.3, 0.4) is 0 Å². The zero-order valence-electron chi connectivity index (χ0n) is 12.2. The van der Waals surface area contributed by atoms with Gasteiger partial charge in [-0.3, -0.25) is 9.59 Å². The van der Waals surface area contributed by atoms with Crippen molar-refractivity contribution in [2.24, 2.45) is 11.7 Å². The molecule has 0 heterocycles. The Bertz CT molecular complexity index is 340. The number of amides is 2. The van der Waals surface area contributed by atoms with Crippen molar-refractivity contribution in [3.05, 3.63) is 0 Å². The lowest BCUT2D eigenvalue weighted by molar-refractivity contribution is -0.125. The molecule has 0 bridgehead atoms. The van der Waals surface area contributed by atoms with Crippen LogP contribution in [0.1, 0.15) is 57.8 Å². The molecule has 2 amide bonds. The van der Waals surface area contributed by atoms with Gasteiger partial charge >= 0.3 is 0 Å². The van der Waals surface area contributed by atoms with Gasteiger partial charge in [0.05, 0.1) is 0 Å². The molecule has 0 aromatic rings. The third kappa shape index (κ3) is 4.78. The van der Waals surface area contributed by atoms with Crippen LogP contribution in [0.2, 0.25) is 0 Å². The van der Waals surface area contributed by atoms with Crippen molar-refractivity contribution in [1.82, 2.24) is 10.6 Å². The highest BCUT2D eigenvalue weighted by atomic mass is 16.2. The van der Waals surface area contributed by atoms with Crippen LogP contribution < -0.4 is 16.4 Å². The zero-order chi connectivity index (χ0) is 14.4. The summed E-state index contributed by atoms with van der Waals surface area (Å²) in [4.78, 5) is 23.6. The molecule has 0 aliphatic heterocycles. The molecule has 114 valence electrons. The Balaban J connectivity index is 1.57. The minimum atomic E-state index is 0.0476. The first-order chi connectivity index (χ1) is 9.65. The minimum absolute atomic E-state index is 0.0476. The maximum atomic E-state index is 11.9. The Labute approximate surface area is 121 Å². The van der Waals surface area contributed by atoms with Gasteiger partial charge in [-0.15, -0.1) is 0 Å². The maximum absolute atomic E-state index is 11.9. The Morgan fingerprint density at radius 3 is 2.45 bits per heavy atom. The number of rotatable bonds is 5. The summed E-state index contributed by atoms with van der Waals surface area (Å²) >= 11 is 0. The topological polar surface area (TPSA) is 84.2 Å². The normalized spacial score (nSPS) is 27.2. The van der Waals surface area contributed by atoms with Gasteiger partial charge in [-0.2, -0.15) is 0 Å². The van der Waals surface area contributed by atoms with Crippen molar-refractivity contribution in [3.63, 3.8) is 0 Å². The van der Waals surface area contributed by atoms with Crippen LogP contribution in [-0.4, -0.2) is 30.4 Å². The van der Waals surface area contributed by atoms with E-state index >= 15 is 0 Å². The lowest BCUT2D eigenvalue weighted by atomic mass is 9.95. The Morgan fingerprint density at radius 2 is 1.80 bits per heavy atom. The van der Waals surface area contributed by atoms with E-state index < -0.39 is 0 Å². The van der Waals surface area contributed by atoms with E-state index in [1.165, 1.54) is 19.3 Å². The molecular formula is C15H27N3O2. The molecule has 5 nitrogen and oxygen atoms in total. The van der Waals surface area contributed by atoms with E-state index in [0.29, 0.717) is 19.0 Å². The maximum Gasteiger partial charge on any atom is 0.223 e. The van der Waals surface area contributed by atoms with E-state index in [1.807, 2.05) is 0 Å². The smallest absolute Gasteiger partial charge is 0.223 e. The third-order valence-electron chi connectivity index (χ3n) is 4.47. The first kappa shape index (κ1) is 15.3. The Kier molecular flexibility index (Phi) is 5.83. The van der Waals surface area contributed by atoms with Crippen molar-refractivity contribution in [2.45, 2.75) is 69.9 Å². The zero-order valence-corrected chi connectivity index (χ0v) is 12.2. The average Bonchev–Trinajstić information content (AvgIpc) is 2.86. The van der Waals surface area contributed by atoms with Crippen LogP contribution in [0, 0.1) is 5.92 Å². The van der Waals surface area contributed by atoms with E-state index in [1.54, 1.807) is 0 Å². The Morgan fingerprint density at radius 1 is 1.05 bits per heavy atom. The summed E-state index contributed by atoms with van der Waals surface area (Å²) in [6.45, 7) is 0.434. The van der Waals surface area contributed by atoms with Gasteiger partial charge in [0.15, 0.2) is 0 Å². The van der Waals surface area contributed by atoms with E-state index in [0.717, 1.165) is 32.1 Å². The number of nitrogens with one attached hydrogen (secondary N) is 2. The fraction of sp³-hybridized carbons (Fsp3) is 0.867. The molecule has 0 spiro atoms. The molecule has 2 aliphatic carbocycles. The highest BCUT2D eigenvalue weighted by Gasteiger charge is 2.27. The van der Waals surface area contributed by atoms with Gasteiger partial charge in [0.1, 0.15) is 0 Å². The van der Waals surface area contributed by atoms with Crippen LogP contribution >= 0.6 is 0 Å². The van der Waals surface area contributed by atoms with Gasteiger partial charge in [-0.25, -0.2) is 0 Å². The molecule has 20 heavy (non-hydrogen) atoms. The summed E-state index contributed by atoms with van der Waals surface area (Å²) in [5.74, 6) is 0.162. The van der Waals surface area contributed by atoms with Crippen molar-refractivity contribution < 1.29 is 9.59 Å². The molecule has 2 aliphatic rings. The number of hydrogen-bond donors (Lipinski definition) is 3. The van der Waals surface area contributed by atoms with Gasteiger partial charge in [0.2, 0.25) is 11.8 Å². The van der Waals surface area contributed by atoms with E-state index in [4.69, 9.17) is 5.73 Å². The highest BCUT2D eigenvalue weighted by molar-refractivity contribution is 5.80. The summed E-state index contributed by atoms with van der Waals surface area (Å²) in [5.41, 5.74) is 5.80. The van der Waals surface area contributed by atoms with Crippen molar-refractivity contribution in [2.75, 3.05) is 6.54 Å². The third-order valence-corrected chi connectivity index (χ3v) is 4.47. The summed E-state index contributed by atoms with van der Waals surface area (Å²) < 4.78 is 0. The molecule has 5 heteroatoms. The monoisotopic (exact) mass is 281 g/mol. The summed E-state index contributed by atoms with van der Waals surface area (Å²) in [6.07, 6.45) is 8.86. The largest absolute Gasteiger partial charge is 0.355 e. The SMILES string of the molecule is NC1CCC(C(=O)NCCC(=O)NC2CCCCC2)C1. The van der Waals surface area contributed by atoms with Crippen LogP contribution in [0.15, 0.2) is 0 Å². The van der Waals surface area contributed by atoms with Crippen molar-refractivity contribution >= 4 is 11.8 Å². The number of nitrogens with two attached hydrogens (primary N) is 1. The van der Waals surface area contributed by atoms with Crippen LogP contribution in [0.4, 0.5) is 0 Å². The number of carbonyl (C=O) groups excluding carboxylic acids is 2. The molecule has 4 N–H and O–H groups in total. The Hall–Kier alpha value is -1.10. The van der Waals surface area contributed by atoms with E-state index in [9.17, 15) is 9.59 Å². The highest BCUT2D eigenvalue weighted by Crippen LogP contribution is 2.23. The molecule has 2 unspecified atom stereocenters.